The third-order valence-electron chi connectivity index (χ3n) is 3.41. The lowest BCUT2D eigenvalue weighted by atomic mass is 10.2. The molecular weight excluding hydrogens is 422 g/mol. The molecule has 0 aromatic heterocycles. The third kappa shape index (κ3) is 5.38. The van der Waals surface area contributed by atoms with Gasteiger partial charge in [-0.1, -0.05) is 28.1 Å². The molecule has 0 atom stereocenters. The topological polar surface area (TPSA) is 88.1 Å². The van der Waals surface area contributed by atoms with Crippen molar-refractivity contribution in [1.82, 2.24) is 9.73 Å². The molecule has 26 heavy (non-hydrogen) atoms. The molecular formula is C17H18BrN3O4S. The summed E-state index contributed by atoms with van der Waals surface area (Å²) < 4.78 is 31.8. The van der Waals surface area contributed by atoms with Crippen molar-refractivity contribution in [2.75, 3.05) is 20.7 Å². The number of sulfonamides is 1. The first-order chi connectivity index (χ1) is 12.3. The fourth-order valence-corrected chi connectivity index (χ4v) is 3.37. The highest BCUT2D eigenvalue weighted by Gasteiger charge is 2.22. The fraction of sp³-hybridized carbons (Fsp3) is 0.176. The first kappa shape index (κ1) is 20.1. The standard InChI is InChI=1S/C17H18BrN3O4S/c1-21(26(23,24)16-9-7-15(25-2)8-10-16)12-17(22)20-19-11-13-3-5-14(18)6-4-13/h3-11H,12H2,1-2H3,(H,20,22)/b19-11-. The summed E-state index contributed by atoms with van der Waals surface area (Å²) >= 11 is 3.33. The summed E-state index contributed by atoms with van der Waals surface area (Å²) in [6, 6.07) is 13.3. The molecule has 0 aliphatic heterocycles. The summed E-state index contributed by atoms with van der Waals surface area (Å²) in [6.45, 7) is -0.355. The Hall–Kier alpha value is -2.23. The zero-order valence-electron chi connectivity index (χ0n) is 14.2. The highest BCUT2D eigenvalue weighted by molar-refractivity contribution is 9.10. The monoisotopic (exact) mass is 439 g/mol. The first-order valence-corrected chi connectivity index (χ1v) is 9.74. The third-order valence-corrected chi connectivity index (χ3v) is 5.75. The molecule has 0 saturated carbocycles. The van der Waals surface area contributed by atoms with Gasteiger partial charge < -0.3 is 4.74 Å². The first-order valence-electron chi connectivity index (χ1n) is 7.51. The van der Waals surface area contributed by atoms with Crippen LogP contribution in [-0.4, -0.2) is 45.5 Å². The van der Waals surface area contributed by atoms with Crippen LogP contribution < -0.4 is 10.2 Å². The number of likely N-dealkylation sites (N-methyl/N-ethyl adjacent to an activating group) is 1. The van der Waals surface area contributed by atoms with Crippen LogP contribution in [0.25, 0.3) is 0 Å². The molecule has 0 unspecified atom stereocenters. The zero-order chi connectivity index (χ0) is 19.2. The van der Waals surface area contributed by atoms with Gasteiger partial charge in [-0.25, -0.2) is 13.8 Å². The number of carbonyl (C=O) groups excluding carboxylic acids is 1. The number of benzene rings is 2. The van der Waals surface area contributed by atoms with Crippen molar-refractivity contribution in [3.63, 3.8) is 0 Å². The molecule has 0 spiro atoms. The summed E-state index contributed by atoms with van der Waals surface area (Å²) in [5, 5.41) is 3.82. The Kier molecular flexibility index (Phi) is 6.90. The van der Waals surface area contributed by atoms with Gasteiger partial charge in [0.05, 0.1) is 24.8 Å². The lowest BCUT2D eigenvalue weighted by Crippen LogP contribution is -2.36. The van der Waals surface area contributed by atoms with E-state index in [4.69, 9.17) is 4.74 Å². The minimum Gasteiger partial charge on any atom is -0.497 e. The van der Waals surface area contributed by atoms with Crippen LogP contribution in [0.4, 0.5) is 0 Å². The number of rotatable bonds is 7. The summed E-state index contributed by atoms with van der Waals surface area (Å²) in [5.41, 5.74) is 3.11. The van der Waals surface area contributed by atoms with Crippen LogP contribution in [-0.2, 0) is 14.8 Å². The molecule has 0 aliphatic rings. The zero-order valence-corrected chi connectivity index (χ0v) is 16.6. The van der Waals surface area contributed by atoms with E-state index in [1.807, 2.05) is 24.3 Å². The average molecular weight is 440 g/mol. The maximum Gasteiger partial charge on any atom is 0.255 e. The summed E-state index contributed by atoms with van der Waals surface area (Å²) in [7, 11) is -0.955. The molecule has 1 N–H and O–H groups in total. The van der Waals surface area contributed by atoms with Gasteiger partial charge in [-0.15, -0.1) is 0 Å². The van der Waals surface area contributed by atoms with E-state index < -0.39 is 15.9 Å². The molecule has 0 heterocycles. The maximum atomic E-state index is 12.5. The highest BCUT2D eigenvalue weighted by Crippen LogP contribution is 2.18. The van der Waals surface area contributed by atoms with E-state index >= 15 is 0 Å². The SMILES string of the molecule is COc1ccc(S(=O)(=O)N(C)CC(=O)N/N=C\c2ccc(Br)cc2)cc1. The van der Waals surface area contributed by atoms with Crippen LogP contribution >= 0.6 is 15.9 Å². The van der Waals surface area contributed by atoms with Gasteiger partial charge in [0.1, 0.15) is 5.75 Å². The van der Waals surface area contributed by atoms with Crippen LogP contribution in [0.1, 0.15) is 5.56 Å². The predicted octanol–water partition coefficient (Wildman–Crippen LogP) is 2.23. The number of halogens is 1. The van der Waals surface area contributed by atoms with E-state index in [1.165, 1.54) is 32.5 Å². The average Bonchev–Trinajstić information content (AvgIpc) is 2.63. The second kappa shape index (κ2) is 8.93. The van der Waals surface area contributed by atoms with E-state index in [2.05, 4.69) is 26.5 Å². The smallest absolute Gasteiger partial charge is 0.255 e. The molecule has 2 aromatic rings. The van der Waals surface area contributed by atoms with Crippen LogP contribution in [0, 0.1) is 0 Å². The maximum absolute atomic E-state index is 12.5. The molecule has 138 valence electrons. The van der Waals surface area contributed by atoms with Gasteiger partial charge in [-0.2, -0.15) is 9.41 Å². The number of amides is 1. The quantitative estimate of drug-likeness (QED) is 0.529. The van der Waals surface area contributed by atoms with Gasteiger partial charge in [0.2, 0.25) is 10.0 Å². The Balaban J connectivity index is 1.95. The van der Waals surface area contributed by atoms with Crippen molar-refractivity contribution in [3.8, 4) is 5.75 Å². The number of carbonyl (C=O) groups is 1. The van der Waals surface area contributed by atoms with Crippen LogP contribution in [0.2, 0.25) is 0 Å². The minimum atomic E-state index is -3.78. The lowest BCUT2D eigenvalue weighted by Gasteiger charge is -2.16. The van der Waals surface area contributed by atoms with Crippen molar-refractivity contribution in [1.29, 1.82) is 0 Å². The molecule has 2 aromatic carbocycles. The lowest BCUT2D eigenvalue weighted by molar-refractivity contribution is -0.121. The van der Waals surface area contributed by atoms with E-state index in [0.29, 0.717) is 5.75 Å². The van der Waals surface area contributed by atoms with Gasteiger partial charge in [0, 0.05) is 11.5 Å². The Labute approximate surface area is 160 Å². The summed E-state index contributed by atoms with van der Waals surface area (Å²) in [4.78, 5) is 12.0. The molecule has 2 rings (SSSR count). The summed E-state index contributed by atoms with van der Waals surface area (Å²) in [5.74, 6) is 0.00423. The molecule has 0 saturated heterocycles. The van der Waals surface area contributed by atoms with Crippen LogP contribution in [0.5, 0.6) is 5.75 Å². The Bertz CT molecular complexity index is 881. The van der Waals surface area contributed by atoms with E-state index in [0.717, 1.165) is 14.3 Å². The van der Waals surface area contributed by atoms with Gasteiger partial charge in [0.25, 0.3) is 5.91 Å². The number of nitrogens with zero attached hydrogens (tertiary/aromatic N) is 2. The number of hydrogen-bond donors (Lipinski definition) is 1. The van der Waals surface area contributed by atoms with Crippen LogP contribution in [0.15, 0.2) is 63.0 Å². The molecule has 1 amide bonds. The Morgan fingerprint density at radius 2 is 1.81 bits per heavy atom. The second-order valence-electron chi connectivity index (χ2n) is 5.28. The summed E-state index contributed by atoms with van der Waals surface area (Å²) in [6.07, 6.45) is 1.47. The number of methoxy groups -OCH3 is 1. The number of ether oxygens (including phenoxy) is 1. The molecule has 0 fully saturated rings. The van der Waals surface area contributed by atoms with Gasteiger partial charge in [-0.3, -0.25) is 4.79 Å². The van der Waals surface area contributed by atoms with Crippen molar-refractivity contribution in [3.05, 3.63) is 58.6 Å². The van der Waals surface area contributed by atoms with E-state index in [-0.39, 0.29) is 11.4 Å². The second-order valence-corrected chi connectivity index (χ2v) is 8.24. The van der Waals surface area contributed by atoms with E-state index in [9.17, 15) is 13.2 Å². The Morgan fingerprint density at radius 1 is 1.19 bits per heavy atom. The largest absolute Gasteiger partial charge is 0.497 e. The molecule has 0 radical (unpaired) electrons. The minimum absolute atomic E-state index is 0.0759. The predicted molar refractivity (Wildman–Crippen MR) is 103 cm³/mol. The van der Waals surface area contributed by atoms with Crippen molar-refractivity contribution in [2.45, 2.75) is 4.90 Å². The van der Waals surface area contributed by atoms with Crippen molar-refractivity contribution < 1.29 is 17.9 Å². The van der Waals surface area contributed by atoms with Gasteiger partial charge in [0.15, 0.2) is 0 Å². The highest BCUT2D eigenvalue weighted by atomic mass is 79.9. The van der Waals surface area contributed by atoms with Crippen molar-refractivity contribution >= 4 is 38.1 Å². The van der Waals surface area contributed by atoms with Crippen LogP contribution in [0.3, 0.4) is 0 Å². The number of hydrazone groups is 1. The molecule has 9 heteroatoms. The number of nitrogens with one attached hydrogen (secondary N) is 1. The van der Waals surface area contributed by atoms with Gasteiger partial charge >= 0.3 is 0 Å². The molecule has 0 aliphatic carbocycles. The molecule has 0 bridgehead atoms. The van der Waals surface area contributed by atoms with Gasteiger partial charge in [-0.05, 0) is 42.0 Å². The number of hydrogen-bond acceptors (Lipinski definition) is 5. The van der Waals surface area contributed by atoms with Crippen molar-refractivity contribution in [2.24, 2.45) is 5.10 Å². The fourth-order valence-electron chi connectivity index (χ4n) is 1.98. The van der Waals surface area contributed by atoms with E-state index in [1.54, 1.807) is 12.1 Å². The normalized spacial score (nSPS) is 11.7. The molecule has 7 nitrogen and oxygen atoms in total. The Morgan fingerprint density at radius 3 is 2.38 bits per heavy atom.